The lowest BCUT2D eigenvalue weighted by molar-refractivity contribution is -0.137. The van der Waals surface area contributed by atoms with Gasteiger partial charge in [0.1, 0.15) is 0 Å². The summed E-state index contributed by atoms with van der Waals surface area (Å²) in [5.41, 5.74) is -0.966. The van der Waals surface area contributed by atoms with Gasteiger partial charge in [-0.3, -0.25) is 0 Å². The summed E-state index contributed by atoms with van der Waals surface area (Å²) in [4.78, 5) is 3.70. The lowest BCUT2D eigenvalue weighted by Gasteiger charge is -2.08. The molecule has 0 N–H and O–H groups in total. The summed E-state index contributed by atoms with van der Waals surface area (Å²) >= 11 is 0. The molecular weight excluding hydrogens is 317 g/mol. The second kappa shape index (κ2) is 4.84. The first-order valence-corrected chi connectivity index (χ1v) is 7.59. The number of benzene rings is 1. The smallest absolute Gasteiger partial charge is 0.237 e. The minimum atomic E-state index is -4.53. The molecule has 4 nitrogen and oxygen atoms in total. The monoisotopic (exact) mass is 326 g/mol. The Morgan fingerprint density at radius 2 is 1.73 bits per heavy atom. The van der Waals surface area contributed by atoms with Crippen LogP contribution in [0, 0.1) is 0 Å². The van der Waals surface area contributed by atoms with E-state index in [1.807, 2.05) is 0 Å². The fourth-order valence-corrected chi connectivity index (χ4v) is 3.38. The van der Waals surface area contributed by atoms with Crippen molar-refractivity contribution < 1.29 is 21.6 Å². The molecule has 3 rings (SSSR count). The third-order valence-electron chi connectivity index (χ3n) is 3.12. The van der Waals surface area contributed by atoms with Crippen LogP contribution in [0.15, 0.2) is 59.8 Å². The number of hydrogen-bond acceptors (Lipinski definition) is 3. The van der Waals surface area contributed by atoms with Crippen molar-refractivity contribution in [3.05, 3.63) is 60.4 Å². The van der Waals surface area contributed by atoms with Crippen LogP contribution in [0.25, 0.3) is 11.0 Å². The van der Waals surface area contributed by atoms with Crippen LogP contribution in [0.3, 0.4) is 0 Å². The average molecular weight is 326 g/mol. The molecule has 0 saturated carbocycles. The molecule has 0 fully saturated rings. The SMILES string of the molecule is O=S(=O)(c1ccccc1)n1ccc2cc(C(F)(F)F)cnc21. The Kier molecular flexibility index (Phi) is 3.21. The lowest BCUT2D eigenvalue weighted by Crippen LogP contribution is -2.12. The Balaban J connectivity index is 2.18. The normalized spacial score (nSPS) is 12.7. The summed E-state index contributed by atoms with van der Waals surface area (Å²) in [6.07, 6.45) is -2.71. The van der Waals surface area contributed by atoms with Gasteiger partial charge in [0.25, 0.3) is 10.0 Å². The fourth-order valence-electron chi connectivity index (χ4n) is 2.05. The third-order valence-corrected chi connectivity index (χ3v) is 4.80. The van der Waals surface area contributed by atoms with E-state index < -0.39 is 21.8 Å². The van der Waals surface area contributed by atoms with Gasteiger partial charge in [0.2, 0.25) is 0 Å². The highest BCUT2D eigenvalue weighted by atomic mass is 32.2. The number of hydrogen-bond donors (Lipinski definition) is 0. The molecule has 2 aromatic heterocycles. The maximum atomic E-state index is 12.7. The standard InChI is InChI=1S/C14H9F3N2O2S/c15-14(16,17)11-8-10-6-7-19(13(10)18-9-11)22(20,21)12-4-2-1-3-5-12/h1-9H. The molecule has 0 radical (unpaired) electrons. The van der Waals surface area contributed by atoms with Gasteiger partial charge >= 0.3 is 6.18 Å². The number of aromatic nitrogens is 2. The largest absolute Gasteiger partial charge is 0.417 e. The van der Waals surface area contributed by atoms with E-state index >= 15 is 0 Å². The van der Waals surface area contributed by atoms with Crippen LogP contribution < -0.4 is 0 Å². The van der Waals surface area contributed by atoms with Gasteiger partial charge in [0.05, 0.1) is 10.5 Å². The van der Waals surface area contributed by atoms with Crippen molar-refractivity contribution in [2.75, 3.05) is 0 Å². The molecule has 114 valence electrons. The molecule has 0 saturated heterocycles. The van der Waals surface area contributed by atoms with Gasteiger partial charge in [-0.25, -0.2) is 17.4 Å². The number of alkyl halides is 3. The van der Waals surface area contributed by atoms with Gasteiger partial charge in [-0.2, -0.15) is 13.2 Å². The van der Waals surface area contributed by atoms with Crippen LogP contribution in [0.4, 0.5) is 13.2 Å². The first-order chi connectivity index (χ1) is 10.3. The highest BCUT2D eigenvalue weighted by Gasteiger charge is 2.31. The van der Waals surface area contributed by atoms with E-state index in [1.165, 1.54) is 24.4 Å². The minimum absolute atomic E-state index is 0.0363. The molecule has 0 aliphatic carbocycles. The average Bonchev–Trinajstić information content (AvgIpc) is 2.91. The molecule has 0 spiro atoms. The van der Waals surface area contributed by atoms with Crippen molar-refractivity contribution in [3.63, 3.8) is 0 Å². The third kappa shape index (κ3) is 2.35. The van der Waals surface area contributed by atoms with Crippen LogP contribution in [-0.4, -0.2) is 17.4 Å². The Morgan fingerprint density at radius 3 is 2.36 bits per heavy atom. The van der Waals surface area contributed by atoms with E-state index in [4.69, 9.17) is 0 Å². The zero-order valence-electron chi connectivity index (χ0n) is 10.9. The molecule has 0 bridgehead atoms. The molecule has 1 aromatic carbocycles. The zero-order chi connectivity index (χ0) is 16.0. The molecule has 0 aliphatic heterocycles. The second-order valence-electron chi connectivity index (χ2n) is 4.56. The highest BCUT2D eigenvalue weighted by molar-refractivity contribution is 7.90. The first-order valence-electron chi connectivity index (χ1n) is 6.15. The topological polar surface area (TPSA) is 52.0 Å². The number of nitrogens with zero attached hydrogens (tertiary/aromatic N) is 2. The van der Waals surface area contributed by atoms with Crippen LogP contribution in [-0.2, 0) is 16.2 Å². The van der Waals surface area contributed by atoms with Crippen LogP contribution in [0.2, 0.25) is 0 Å². The number of rotatable bonds is 2. The van der Waals surface area contributed by atoms with Crippen molar-refractivity contribution in [3.8, 4) is 0 Å². The van der Waals surface area contributed by atoms with E-state index in [2.05, 4.69) is 4.98 Å². The second-order valence-corrected chi connectivity index (χ2v) is 6.38. The predicted molar refractivity (Wildman–Crippen MR) is 73.8 cm³/mol. The molecule has 0 amide bonds. The van der Waals surface area contributed by atoms with Crippen molar-refractivity contribution in [2.24, 2.45) is 0 Å². The Bertz CT molecular complexity index is 932. The van der Waals surface area contributed by atoms with Gasteiger partial charge in [-0.15, -0.1) is 0 Å². The fraction of sp³-hybridized carbons (Fsp3) is 0.0714. The van der Waals surface area contributed by atoms with Gasteiger partial charge < -0.3 is 0 Å². The van der Waals surface area contributed by atoms with Gasteiger partial charge in [-0.05, 0) is 24.3 Å². The molecule has 2 heterocycles. The van der Waals surface area contributed by atoms with Crippen LogP contribution >= 0.6 is 0 Å². The molecule has 3 aromatic rings. The minimum Gasteiger partial charge on any atom is -0.237 e. The van der Waals surface area contributed by atoms with Gasteiger partial charge in [-0.1, -0.05) is 18.2 Å². The summed E-state index contributed by atoms with van der Waals surface area (Å²) in [5.74, 6) is 0. The van der Waals surface area contributed by atoms with E-state index in [9.17, 15) is 21.6 Å². The quantitative estimate of drug-likeness (QED) is 0.726. The van der Waals surface area contributed by atoms with E-state index in [-0.39, 0.29) is 15.9 Å². The summed E-state index contributed by atoms with van der Waals surface area (Å²) in [5, 5.41) is 0.106. The Hall–Kier alpha value is -2.35. The summed E-state index contributed by atoms with van der Waals surface area (Å²) < 4.78 is 63.8. The van der Waals surface area contributed by atoms with Crippen LogP contribution in [0.5, 0.6) is 0 Å². The zero-order valence-corrected chi connectivity index (χ0v) is 11.8. The summed E-state index contributed by atoms with van der Waals surface area (Å²) in [6, 6.07) is 9.77. The number of pyridine rings is 1. The van der Waals surface area contributed by atoms with Crippen molar-refractivity contribution in [1.29, 1.82) is 0 Å². The van der Waals surface area contributed by atoms with Crippen molar-refractivity contribution >= 4 is 21.1 Å². The maximum Gasteiger partial charge on any atom is 0.417 e. The Morgan fingerprint density at radius 1 is 1.05 bits per heavy atom. The van der Waals surface area contributed by atoms with Crippen LogP contribution in [0.1, 0.15) is 5.56 Å². The number of halogens is 3. The molecule has 22 heavy (non-hydrogen) atoms. The van der Waals surface area contributed by atoms with Crippen molar-refractivity contribution in [2.45, 2.75) is 11.1 Å². The Labute approximate surface area is 123 Å². The van der Waals surface area contributed by atoms with Gasteiger partial charge in [0.15, 0.2) is 5.65 Å². The van der Waals surface area contributed by atoms with E-state index in [0.717, 1.165) is 10.0 Å². The van der Waals surface area contributed by atoms with Crippen molar-refractivity contribution in [1.82, 2.24) is 8.96 Å². The lowest BCUT2D eigenvalue weighted by atomic mass is 10.2. The molecule has 0 atom stereocenters. The predicted octanol–water partition coefficient (Wildman–Crippen LogP) is 3.29. The number of fused-ring (bicyclic) bond motifs is 1. The summed E-state index contributed by atoms with van der Waals surface area (Å²) in [7, 11) is -3.90. The molecule has 0 unspecified atom stereocenters. The summed E-state index contributed by atoms with van der Waals surface area (Å²) in [6.45, 7) is 0. The molecule has 8 heteroatoms. The molecular formula is C14H9F3N2O2S. The first kappa shape index (κ1) is 14.6. The van der Waals surface area contributed by atoms with E-state index in [1.54, 1.807) is 18.2 Å². The molecule has 0 aliphatic rings. The highest BCUT2D eigenvalue weighted by Crippen LogP contribution is 2.31. The maximum absolute atomic E-state index is 12.7. The van der Waals surface area contributed by atoms with E-state index in [0.29, 0.717) is 6.20 Å². The van der Waals surface area contributed by atoms with Gasteiger partial charge in [0, 0.05) is 17.8 Å².